The second-order valence-corrected chi connectivity index (χ2v) is 6.45. The number of methoxy groups -OCH3 is 1. The number of hydrogen-bond donors (Lipinski definition) is 4. The monoisotopic (exact) mass is 362 g/mol. The average Bonchev–Trinajstić information content (AvgIpc) is 3.04. The van der Waals surface area contributed by atoms with Gasteiger partial charge in [-0.25, -0.2) is 9.97 Å². The summed E-state index contributed by atoms with van der Waals surface area (Å²) in [6.45, 7) is 0.978. The normalized spacial score (nSPS) is 30.9. The van der Waals surface area contributed by atoms with Gasteiger partial charge in [0.2, 0.25) is 0 Å². The molecule has 0 aliphatic carbocycles. The van der Waals surface area contributed by atoms with Crippen molar-refractivity contribution in [1.82, 2.24) is 14.5 Å². The third-order valence-electron chi connectivity index (χ3n) is 4.79. The van der Waals surface area contributed by atoms with Crippen molar-refractivity contribution in [3.05, 3.63) is 24.2 Å². The minimum absolute atomic E-state index is 0.300. The predicted molar refractivity (Wildman–Crippen MR) is 88.8 cm³/mol. The number of amides is 1. The maximum Gasteiger partial charge on any atom is 0.253 e. The molecule has 4 rings (SSSR count). The first kappa shape index (κ1) is 16.9. The van der Waals surface area contributed by atoms with Crippen molar-refractivity contribution in [2.24, 2.45) is 0 Å². The van der Waals surface area contributed by atoms with E-state index in [1.54, 1.807) is 10.8 Å². The highest BCUT2D eigenvalue weighted by Gasteiger charge is 2.53. The van der Waals surface area contributed by atoms with Crippen molar-refractivity contribution >= 4 is 28.5 Å². The maximum absolute atomic E-state index is 12.0. The Hall–Kier alpha value is -2.53. The summed E-state index contributed by atoms with van der Waals surface area (Å²) in [7, 11) is 1.44. The Kier molecular flexibility index (Phi) is 3.74. The van der Waals surface area contributed by atoms with E-state index in [2.05, 4.69) is 15.3 Å². The number of nitrogens with one attached hydrogen (secondary N) is 1. The van der Waals surface area contributed by atoms with Crippen LogP contribution in [0.1, 0.15) is 18.7 Å². The van der Waals surface area contributed by atoms with Gasteiger partial charge in [0.15, 0.2) is 6.23 Å². The highest BCUT2D eigenvalue weighted by molar-refractivity contribution is 6.12. The van der Waals surface area contributed by atoms with Crippen molar-refractivity contribution in [2.45, 2.75) is 31.0 Å². The van der Waals surface area contributed by atoms with Gasteiger partial charge >= 0.3 is 0 Å². The summed E-state index contributed by atoms with van der Waals surface area (Å²) in [4.78, 5) is 20.3. The zero-order valence-electron chi connectivity index (χ0n) is 14.1. The molecule has 26 heavy (non-hydrogen) atoms. The van der Waals surface area contributed by atoms with Crippen LogP contribution in [0, 0.1) is 0 Å². The zero-order chi connectivity index (χ0) is 18.6. The molecule has 4 heterocycles. The molecule has 2 aromatic heterocycles. The van der Waals surface area contributed by atoms with Gasteiger partial charge < -0.3 is 34.7 Å². The average molecular weight is 362 g/mol. The van der Waals surface area contributed by atoms with Crippen molar-refractivity contribution < 1.29 is 29.6 Å². The molecule has 0 bridgehead atoms. The zero-order valence-corrected chi connectivity index (χ0v) is 14.1. The molecule has 2 aromatic rings. The summed E-state index contributed by atoms with van der Waals surface area (Å²) in [5.41, 5.74) is -0.754. The van der Waals surface area contributed by atoms with Crippen molar-refractivity contribution in [2.75, 3.05) is 19.0 Å². The van der Waals surface area contributed by atoms with Crippen molar-refractivity contribution in [3.63, 3.8) is 0 Å². The summed E-state index contributed by atoms with van der Waals surface area (Å²) in [6.07, 6.45) is 0.942. The Morgan fingerprint density at radius 3 is 2.88 bits per heavy atom. The second-order valence-electron chi connectivity index (χ2n) is 6.45. The maximum atomic E-state index is 12.0. The highest BCUT2D eigenvalue weighted by atomic mass is 16.6. The smallest absolute Gasteiger partial charge is 0.253 e. The van der Waals surface area contributed by atoms with Crippen molar-refractivity contribution in [1.29, 1.82) is 0 Å². The lowest BCUT2D eigenvalue weighted by Gasteiger charge is -2.27. The van der Waals surface area contributed by atoms with Crippen LogP contribution in [0.15, 0.2) is 18.6 Å². The van der Waals surface area contributed by atoms with Gasteiger partial charge in [-0.05, 0) is 6.92 Å². The lowest BCUT2D eigenvalue weighted by molar-refractivity contribution is -0.111. The summed E-state index contributed by atoms with van der Waals surface area (Å²) in [5.74, 6) is 0.218. The van der Waals surface area contributed by atoms with Gasteiger partial charge in [-0.3, -0.25) is 4.79 Å². The number of aliphatic hydroxyl groups excluding tert-OH is 2. The molecule has 0 aromatic carbocycles. The minimum Gasteiger partial charge on any atom is -0.496 e. The van der Waals surface area contributed by atoms with E-state index in [0.29, 0.717) is 28.2 Å². The van der Waals surface area contributed by atoms with E-state index in [9.17, 15) is 20.1 Å². The quantitative estimate of drug-likeness (QED) is 0.566. The van der Waals surface area contributed by atoms with Gasteiger partial charge in [0, 0.05) is 17.8 Å². The molecule has 4 atom stereocenters. The van der Waals surface area contributed by atoms with E-state index >= 15 is 0 Å². The molecule has 10 nitrogen and oxygen atoms in total. The van der Waals surface area contributed by atoms with E-state index in [4.69, 9.17) is 9.47 Å². The SMILES string of the molecule is COC1=CC(=O)Nc2ncnc3c2c1cn3C1O[C@H](CO)[C@@H](O)[C@@]1(C)O. The summed E-state index contributed by atoms with van der Waals surface area (Å²) in [6, 6.07) is 0. The fraction of sp³-hybridized carbons (Fsp3) is 0.438. The van der Waals surface area contributed by atoms with E-state index in [1.807, 2.05) is 0 Å². The number of carbonyl (C=O) groups excluding carboxylic acids is 1. The number of ether oxygens (including phenoxy) is 2. The van der Waals surface area contributed by atoms with Gasteiger partial charge in [0.1, 0.15) is 41.4 Å². The van der Waals surface area contributed by atoms with Gasteiger partial charge in [-0.1, -0.05) is 0 Å². The largest absolute Gasteiger partial charge is 0.496 e. The Morgan fingerprint density at radius 1 is 1.46 bits per heavy atom. The van der Waals surface area contributed by atoms with E-state index in [0.717, 1.165) is 0 Å². The summed E-state index contributed by atoms with van der Waals surface area (Å²) in [5, 5.41) is 33.6. The standard InChI is InChI=1S/C16H18N4O6/c1-16(24)12(23)9(5-21)26-15(16)20-4-7-8(25-2)3-10(22)19-13-11(7)14(20)18-6-17-13/h3-4,6,9,12,15,21,23-24H,5H2,1-2H3,(H,17,18,19,22)/t9-,12-,15?,16-/m1/s1. The molecule has 4 N–H and O–H groups in total. The Balaban J connectivity index is 1.94. The van der Waals surface area contributed by atoms with Gasteiger partial charge in [0.05, 0.1) is 19.1 Å². The Bertz CT molecular complexity index is 921. The number of hydrogen-bond acceptors (Lipinski definition) is 8. The molecule has 2 aliphatic heterocycles. The van der Waals surface area contributed by atoms with Crippen LogP contribution in [0.25, 0.3) is 16.8 Å². The summed E-state index contributed by atoms with van der Waals surface area (Å²) >= 11 is 0. The molecule has 0 saturated carbocycles. The molecular formula is C16H18N4O6. The number of aliphatic hydroxyl groups is 3. The third-order valence-corrected chi connectivity index (χ3v) is 4.79. The van der Waals surface area contributed by atoms with E-state index < -0.39 is 30.6 Å². The van der Waals surface area contributed by atoms with Crippen LogP contribution in [0.3, 0.4) is 0 Å². The topological polar surface area (TPSA) is 139 Å². The van der Waals surface area contributed by atoms with Crippen LogP contribution < -0.4 is 5.32 Å². The number of rotatable bonds is 3. The molecule has 1 saturated heterocycles. The first-order chi connectivity index (χ1) is 12.4. The van der Waals surface area contributed by atoms with E-state index in [1.165, 1.54) is 26.4 Å². The number of carbonyl (C=O) groups is 1. The van der Waals surface area contributed by atoms with Gasteiger partial charge in [-0.15, -0.1) is 0 Å². The van der Waals surface area contributed by atoms with Gasteiger partial charge in [-0.2, -0.15) is 0 Å². The lowest BCUT2D eigenvalue weighted by Crippen LogP contribution is -2.44. The van der Waals surface area contributed by atoms with Crippen LogP contribution in [-0.4, -0.2) is 67.3 Å². The van der Waals surface area contributed by atoms with Crippen LogP contribution in [0.2, 0.25) is 0 Å². The predicted octanol–water partition coefficient (Wildman–Crippen LogP) is -0.628. The van der Waals surface area contributed by atoms with Crippen molar-refractivity contribution in [3.8, 4) is 0 Å². The number of nitrogens with zero attached hydrogens (tertiary/aromatic N) is 3. The molecule has 1 fully saturated rings. The Morgan fingerprint density at radius 2 is 2.23 bits per heavy atom. The van der Waals surface area contributed by atoms with Crippen LogP contribution in [0.4, 0.5) is 5.82 Å². The van der Waals surface area contributed by atoms with Crippen LogP contribution in [-0.2, 0) is 14.3 Å². The fourth-order valence-electron chi connectivity index (χ4n) is 3.45. The lowest BCUT2D eigenvalue weighted by atomic mass is 9.96. The minimum atomic E-state index is -1.67. The molecule has 0 radical (unpaired) electrons. The van der Waals surface area contributed by atoms with Crippen LogP contribution in [0.5, 0.6) is 0 Å². The number of anilines is 1. The van der Waals surface area contributed by atoms with Crippen LogP contribution >= 0.6 is 0 Å². The Labute approximate surface area is 147 Å². The van der Waals surface area contributed by atoms with Gasteiger partial charge in [0.25, 0.3) is 5.91 Å². The third kappa shape index (κ3) is 2.23. The molecule has 138 valence electrons. The highest BCUT2D eigenvalue weighted by Crippen LogP contribution is 2.42. The molecule has 1 unspecified atom stereocenters. The summed E-state index contributed by atoms with van der Waals surface area (Å²) < 4.78 is 12.5. The first-order valence-electron chi connectivity index (χ1n) is 7.97. The molecule has 2 aliphatic rings. The molecular weight excluding hydrogens is 344 g/mol. The van der Waals surface area contributed by atoms with E-state index in [-0.39, 0.29) is 5.91 Å². The molecule has 1 amide bonds. The fourth-order valence-corrected chi connectivity index (χ4v) is 3.45. The molecule has 10 heteroatoms. The first-order valence-corrected chi connectivity index (χ1v) is 7.97. The molecule has 0 spiro atoms. The number of aromatic nitrogens is 3. The second kappa shape index (κ2) is 5.74.